The van der Waals surface area contributed by atoms with E-state index < -0.39 is 4.92 Å². The summed E-state index contributed by atoms with van der Waals surface area (Å²) in [6.07, 6.45) is 2.94. The molecule has 1 aromatic heterocycles. The maximum Gasteiger partial charge on any atom is 0.269 e. The Hall–Kier alpha value is -4.35. The highest BCUT2D eigenvalue weighted by Crippen LogP contribution is 2.16. The Labute approximate surface area is 237 Å². The van der Waals surface area contributed by atoms with Crippen molar-refractivity contribution < 1.29 is 28.1 Å². The lowest BCUT2D eigenvalue weighted by atomic mass is 10.2. The summed E-state index contributed by atoms with van der Waals surface area (Å²) < 4.78 is 24.6. The minimum atomic E-state index is -0.487. The number of nitrogens with zero attached hydrogens (tertiary/aromatic N) is 4. The number of amides is 2. The topological polar surface area (TPSA) is 109 Å². The molecule has 2 aromatic carbocycles. The van der Waals surface area contributed by atoms with E-state index in [1.807, 2.05) is 13.0 Å². The van der Waals surface area contributed by atoms with Gasteiger partial charge in [-0.1, -0.05) is 12.1 Å². The quantitative estimate of drug-likeness (QED) is 0.186. The maximum absolute atomic E-state index is 13.7. The second-order valence-electron chi connectivity index (χ2n) is 9.78. The molecule has 2 amide bonds. The zero-order valence-corrected chi connectivity index (χ0v) is 22.9. The fraction of sp³-hybridized carbons (Fsp3) is 0.333. The third-order valence-corrected chi connectivity index (χ3v) is 6.73. The molecule has 10 nitrogen and oxygen atoms in total. The van der Waals surface area contributed by atoms with Crippen molar-refractivity contribution in [3.05, 3.63) is 105 Å². The highest BCUT2D eigenvalue weighted by atomic mass is 19.1. The number of rotatable bonds is 12. The van der Waals surface area contributed by atoms with E-state index in [-0.39, 0.29) is 43.0 Å². The minimum absolute atomic E-state index is 0.0424. The van der Waals surface area contributed by atoms with Gasteiger partial charge in [-0.05, 0) is 60.5 Å². The summed E-state index contributed by atoms with van der Waals surface area (Å²) in [5.74, 6) is 0.297. The summed E-state index contributed by atoms with van der Waals surface area (Å²) in [5.41, 5.74) is 1.32. The molecule has 1 aliphatic heterocycles. The van der Waals surface area contributed by atoms with Crippen LogP contribution in [0.4, 0.5) is 10.1 Å². The van der Waals surface area contributed by atoms with Gasteiger partial charge in [0.25, 0.3) is 5.69 Å². The zero-order valence-electron chi connectivity index (χ0n) is 22.9. The Kier molecular flexibility index (Phi) is 10.4. The van der Waals surface area contributed by atoms with E-state index in [1.165, 1.54) is 35.2 Å². The number of hydrogen-bond donors (Lipinski definition) is 0. The van der Waals surface area contributed by atoms with Crippen LogP contribution >= 0.6 is 0 Å². The normalized spacial score (nSPS) is 13.8. The first kappa shape index (κ1) is 29.6. The molecular weight excluding hydrogens is 531 g/mol. The van der Waals surface area contributed by atoms with Gasteiger partial charge in [0, 0.05) is 50.9 Å². The van der Waals surface area contributed by atoms with Gasteiger partial charge in [0.2, 0.25) is 11.8 Å². The summed E-state index contributed by atoms with van der Waals surface area (Å²) >= 11 is 0. The van der Waals surface area contributed by atoms with E-state index in [1.54, 1.807) is 41.3 Å². The molecule has 0 N–H and O–H groups in total. The Morgan fingerprint density at radius 3 is 2.34 bits per heavy atom. The second-order valence-corrected chi connectivity index (χ2v) is 9.78. The van der Waals surface area contributed by atoms with Crippen molar-refractivity contribution in [3.8, 4) is 0 Å². The number of nitro benzene ring substituents is 1. The van der Waals surface area contributed by atoms with Crippen LogP contribution in [0.15, 0.2) is 71.2 Å². The van der Waals surface area contributed by atoms with Crippen LogP contribution in [-0.4, -0.2) is 77.4 Å². The summed E-state index contributed by atoms with van der Waals surface area (Å²) in [6.45, 7) is 5.64. The van der Waals surface area contributed by atoms with Gasteiger partial charge in [-0.2, -0.15) is 0 Å². The monoisotopic (exact) mass is 564 g/mol. The van der Waals surface area contributed by atoms with Crippen LogP contribution in [0.25, 0.3) is 6.08 Å². The molecular formula is C30H33FN4O6. The molecule has 1 fully saturated rings. The van der Waals surface area contributed by atoms with Gasteiger partial charge in [0.1, 0.15) is 23.9 Å². The standard InChI is InChI=1S/C30H33FN4O6/c1-23-2-12-28(41-23)21-34(20-25-3-8-26(31)9-4-25)30(37)22-33(15-14-32-16-18-40-19-17-32)29(36)13-7-24-5-10-27(11-6-24)35(38)39/h2-13H,14-22H2,1H3/b13-7+. The summed E-state index contributed by atoms with van der Waals surface area (Å²) in [5, 5.41) is 10.9. The van der Waals surface area contributed by atoms with Gasteiger partial charge in [-0.15, -0.1) is 0 Å². The lowest BCUT2D eigenvalue weighted by molar-refractivity contribution is -0.384. The first-order chi connectivity index (χ1) is 19.8. The fourth-order valence-corrected chi connectivity index (χ4v) is 4.40. The fourth-order valence-electron chi connectivity index (χ4n) is 4.40. The van der Waals surface area contributed by atoms with Crippen LogP contribution in [-0.2, 0) is 27.4 Å². The van der Waals surface area contributed by atoms with E-state index in [2.05, 4.69) is 4.90 Å². The summed E-state index contributed by atoms with van der Waals surface area (Å²) in [4.78, 5) is 42.7. The molecule has 216 valence electrons. The van der Waals surface area contributed by atoms with Crippen molar-refractivity contribution in [2.45, 2.75) is 20.0 Å². The molecule has 0 radical (unpaired) electrons. The number of furan rings is 1. The number of carbonyl (C=O) groups excluding carboxylic acids is 2. The van der Waals surface area contributed by atoms with E-state index in [0.29, 0.717) is 43.4 Å². The molecule has 0 bridgehead atoms. The van der Waals surface area contributed by atoms with Gasteiger partial charge in [0.05, 0.1) is 24.7 Å². The molecule has 3 aromatic rings. The highest BCUT2D eigenvalue weighted by molar-refractivity contribution is 5.94. The average molecular weight is 565 g/mol. The molecule has 2 heterocycles. The lowest BCUT2D eigenvalue weighted by Crippen LogP contribution is -2.46. The second kappa shape index (κ2) is 14.3. The maximum atomic E-state index is 13.7. The molecule has 0 aliphatic carbocycles. The van der Waals surface area contributed by atoms with Crippen molar-refractivity contribution >= 4 is 23.6 Å². The van der Waals surface area contributed by atoms with Crippen LogP contribution in [0.1, 0.15) is 22.6 Å². The van der Waals surface area contributed by atoms with E-state index >= 15 is 0 Å². The van der Waals surface area contributed by atoms with Gasteiger partial charge >= 0.3 is 0 Å². The Morgan fingerprint density at radius 2 is 1.71 bits per heavy atom. The third kappa shape index (κ3) is 9.09. The number of non-ortho nitro benzene ring substituents is 1. The Balaban J connectivity index is 1.50. The minimum Gasteiger partial charge on any atom is -0.464 e. The van der Waals surface area contributed by atoms with Crippen LogP contribution in [0, 0.1) is 22.9 Å². The Bertz CT molecular complexity index is 1350. The third-order valence-electron chi connectivity index (χ3n) is 6.73. The largest absolute Gasteiger partial charge is 0.464 e. The number of benzene rings is 2. The van der Waals surface area contributed by atoms with Gasteiger partial charge in [-0.25, -0.2) is 4.39 Å². The van der Waals surface area contributed by atoms with Crippen molar-refractivity contribution in [1.82, 2.24) is 14.7 Å². The molecule has 0 unspecified atom stereocenters. The summed E-state index contributed by atoms with van der Waals surface area (Å²) in [6, 6.07) is 15.4. The predicted octanol–water partition coefficient (Wildman–Crippen LogP) is 4.04. The van der Waals surface area contributed by atoms with Gasteiger partial charge in [-0.3, -0.25) is 24.6 Å². The van der Waals surface area contributed by atoms with Gasteiger partial charge < -0.3 is 19.0 Å². The molecule has 1 saturated heterocycles. The molecule has 11 heteroatoms. The highest BCUT2D eigenvalue weighted by Gasteiger charge is 2.23. The number of morpholine rings is 1. The smallest absolute Gasteiger partial charge is 0.269 e. The molecule has 1 aliphatic rings. The number of aryl methyl sites for hydroxylation is 1. The number of nitro groups is 1. The lowest BCUT2D eigenvalue weighted by Gasteiger charge is -2.31. The van der Waals surface area contributed by atoms with Crippen molar-refractivity contribution in [2.24, 2.45) is 0 Å². The van der Waals surface area contributed by atoms with Gasteiger partial charge in [0.15, 0.2) is 0 Å². The van der Waals surface area contributed by atoms with Crippen LogP contribution in [0.2, 0.25) is 0 Å². The van der Waals surface area contributed by atoms with Crippen LogP contribution < -0.4 is 0 Å². The van der Waals surface area contributed by atoms with Crippen molar-refractivity contribution in [1.29, 1.82) is 0 Å². The molecule has 0 atom stereocenters. The number of hydrogen-bond acceptors (Lipinski definition) is 7. The summed E-state index contributed by atoms with van der Waals surface area (Å²) in [7, 11) is 0. The SMILES string of the molecule is Cc1ccc(CN(Cc2ccc(F)cc2)C(=O)CN(CCN2CCOCC2)C(=O)/C=C/c2ccc([N+](=O)[O-])cc2)o1. The number of halogens is 1. The molecule has 0 spiro atoms. The van der Waals surface area contributed by atoms with E-state index in [0.717, 1.165) is 18.7 Å². The van der Waals surface area contributed by atoms with Crippen LogP contribution in [0.3, 0.4) is 0 Å². The average Bonchev–Trinajstić information content (AvgIpc) is 3.39. The first-order valence-electron chi connectivity index (χ1n) is 13.4. The van der Waals surface area contributed by atoms with E-state index in [9.17, 15) is 24.1 Å². The molecule has 4 rings (SSSR count). The Morgan fingerprint density at radius 1 is 1.00 bits per heavy atom. The van der Waals surface area contributed by atoms with Crippen LogP contribution in [0.5, 0.6) is 0 Å². The number of ether oxygens (including phenoxy) is 1. The zero-order chi connectivity index (χ0) is 29.2. The first-order valence-corrected chi connectivity index (χ1v) is 13.4. The number of carbonyl (C=O) groups is 2. The van der Waals surface area contributed by atoms with Crippen molar-refractivity contribution in [2.75, 3.05) is 45.9 Å². The molecule has 0 saturated carbocycles. The molecule has 41 heavy (non-hydrogen) atoms. The van der Waals surface area contributed by atoms with Crippen molar-refractivity contribution in [3.63, 3.8) is 0 Å². The van der Waals surface area contributed by atoms with E-state index in [4.69, 9.17) is 9.15 Å². The predicted molar refractivity (Wildman–Crippen MR) is 150 cm³/mol.